The molecular formula is C12H20N2O2. The number of rotatable bonds is 3. The van der Waals surface area contributed by atoms with Crippen molar-refractivity contribution in [3.05, 3.63) is 23.5 Å². The van der Waals surface area contributed by atoms with Gasteiger partial charge in [-0.05, 0) is 29.1 Å². The van der Waals surface area contributed by atoms with Crippen molar-refractivity contribution in [2.24, 2.45) is 11.1 Å². The molecule has 0 saturated carbocycles. The highest BCUT2D eigenvalue weighted by atomic mass is 16.5. The summed E-state index contributed by atoms with van der Waals surface area (Å²) in [7, 11) is 0. The monoisotopic (exact) mass is 224 g/mol. The zero-order valence-corrected chi connectivity index (χ0v) is 10.2. The lowest BCUT2D eigenvalue weighted by atomic mass is 9.86. The number of primary amides is 1. The molecule has 2 amide bonds. The quantitative estimate of drug-likeness (QED) is 0.769. The average Bonchev–Trinajstić information content (AvgIpc) is 2.14. The second-order valence-corrected chi connectivity index (χ2v) is 5.20. The Morgan fingerprint density at radius 2 is 2.25 bits per heavy atom. The van der Waals surface area contributed by atoms with E-state index < -0.39 is 6.03 Å². The van der Waals surface area contributed by atoms with Crippen LogP contribution in [-0.2, 0) is 4.74 Å². The van der Waals surface area contributed by atoms with E-state index in [0.29, 0.717) is 13.2 Å². The van der Waals surface area contributed by atoms with Crippen LogP contribution in [0.5, 0.6) is 0 Å². The summed E-state index contributed by atoms with van der Waals surface area (Å²) in [5, 5.41) is 2.61. The van der Waals surface area contributed by atoms with Crippen molar-refractivity contribution >= 4 is 6.03 Å². The van der Waals surface area contributed by atoms with Gasteiger partial charge in [0.1, 0.15) is 6.61 Å². The normalized spacial score (nSPS) is 15.9. The van der Waals surface area contributed by atoms with E-state index >= 15 is 0 Å². The highest BCUT2D eigenvalue weighted by Crippen LogP contribution is 2.27. The summed E-state index contributed by atoms with van der Waals surface area (Å²) in [6.45, 7) is 7.61. The van der Waals surface area contributed by atoms with Crippen molar-refractivity contribution in [3.63, 3.8) is 0 Å². The zero-order valence-electron chi connectivity index (χ0n) is 10.2. The number of nitrogens with one attached hydrogen (secondary N) is 1. The minimum Gasteiger partial charge on any atom is -0.497 e. The van der Waals surface area contributed by atoms with Gasteiger partial charge in [-0.15, -0.1) is 0 Å². The summed E-state index contributed by atoms with van der Waals surface area (Å²) in [6, 6.07) is -0.498. The maximum Gasteiger partial charge on any atom is 0.312 e. The molecule has 0 aromatic rings. The molecule has 0 bridgehead atoms. The number of nitrogens with two attached hydrogens (primary N) is 1. The van der Waals surface area contributed by atoms with E-state index in [4.69, 9.17) is 10.5 Å². The fourth-order valence-corrected chi connectivity index (χ4v) is 1.66. The van der Waals surface area contributed by atoms with Crippen LogP contribution in [0.1, 0.15) is 27.2 Å². The van der Waals surface area contributed by atoms with Gasteiger partial charge in [0.25, 0.3) is 0 Å². The summed E-state index contributed by atoms with van der Waals surface area (Å²) < 4.78 is 5.28. The second-order valence-electron chi connectivity index (χ2n) is 5.20. The van der Waals surface area contributed by atoms with E-state index in [1.54, 1.807) is 6.26 Å². The van der Waals surface area contributed by atoms with Crippen LogP contribution in [0.3, 0.4) is 0 Å². The smallest absolute Gasteiger partial charge is 0.312 e. The minimum absolute atomic E-state index is 0.210. The fraction of sp³-hybridized carbons (Fsp3) is 0.583. The van der Waals surface area contributed by atoms with Crippen LogP contribution in [-0.4, -0.2) is 19.2 Å². The van der Waals surface area contributed by atoms with Crippen molar-refractivity contribution < 1.29 is 9.53 Å². The Hall–Kier alpha value is -1.45. The van der Waals surface area contributed by atoms with Crippen molar-refractivity contribution in [1.82, 2.24) is 5.32 Å². The van der Waals surface area contributed by atoms with E-state index in [9.17, 15) is 4.79 Å². The number of urea groups is 1. The summed E-state index contributed by atoms with van der Waals surface area (Å²) >= 11 is 0. The maximum absolute atomic E-state index is 10.7. The number of hydrogen-bond donors (Lipinski definition) is 2. The van der Waals surface area contributed by atoms with Gasteiger partial charge in [-0.1, -0.05) is 20.8 Å². The molecule has 1 aliphatic rings. The molecule has 90 valence electrons. The largest absolute Gasteiger partial charge is 0.497 e. The van der Waals surface area contributed by atoms with Gasteiger partial charge in [0.15, 0.2) is 0 Å². The molecule has 1 rings (SSSR count). The average molecular weight is 224 g/mol. The van der Waals surface area contributed by atoms with Crippen LogP contribution in [0.2, 0.25) is 0 Å². The number of carbonyl (C=O) groups is 1. The first-order chi connectivity index (χ1) is 7.38. The first-order valence-electron chi connectivity index (χ1n) is 5.41. The van der Waals surface area contributed by atoms with Crippen molar-refractivity contribution in [1.29, 1.82) is 0 Å². The predicted octanol–water partition coefficient (Wildman–Crippen LogP) is 1.93. The summed E-state index contributed by atoms with van der Waals surface area (Å²) in [6.07, 6.45) is 4.50. The standard InChI is InChI=1S/C12H20N2O2/c1-12(2,3)6-10-8-16-5-4-9(10)7-14-11(13)15/h4-5H,6-8H2,1-3H3,(H3,13,14,15). The molecule has 0 radical (unpaired) electrons. The molecular weight excluding hydrogens is 204 g/mol. The van der Waals surface area contributed by atoms with Gasteiger partial charge in [-0.25, -0.2) is 4.79 Å². The molecule has 1 heterocycles. The van der Waals surface area contributed by atoms with Gasteiger partial charge in [-0.3, -0.25) is 0 Å². The lowest BCUT2D eigenvalue weighted by molar-refractivity contribution is 0.248. The van der Waals surface area contributed by atoms with Crippen LogP contribution in [0.25, 0.3) is 0 Å². The predicted molar refractivity (Wildman–Crippen MR) is 63.8 cm³/mol. The molecule has 0 atom stereocenters. The number of hydrogen-bond acceptors (Lipinski definition) is 2. The Kier molecular flexibility index (Phi) is 3.99. The molecule has 0 aromatic carbocycles. The highest BCUT2D eigenvalue weighted by Gasteiger charge is 2.17. The van der Waals surface area contributed by atoms with Crippen molar-refractivity contribution in [3.8, 4) is 0 Å². The Morgan fingerprint density at radius 3 is 2.81 bits per heavy atom. The van der Waals surface area contributed by atoms with E-state index in [2.05, 4.69) is 26.1 Å². The third-order valence-corrected chi connectivity index (χ3v) is 2.27. The lowest BCUT2D eigenvalue weighted by Crippen LogP contribution is -2.31. The molecule has 16 heavy (non-hydrogen) atoms. The molecule has 0 fully saturated rings. The van der Waals surface area contributed by atoms with Gasteiger partial charge in [0.2, 0.25) is 0 Å². The number of ether oxygens (including phenoxy) is 1. The first-order valence-corrected chi connectivity index (χ1v) is 5.41. The van der Waals surface area contributed by atoms with E-state index in [0.717, 1.165) is 12.0 Å². The van der Waals surface area contributed by atoms with Gasteiger partial charge in [0.05, 0.1) is 6.26 Å². The SMILES string of the molecule is CC(C)(C)CC1=C(CNC(N)=O)C=COC1. The van der Waals surface area contributed by atoms with E-state index in [-0.39, 0.29) is 5.41 Å². The van der Waals surface area contributed by atoms with Gasteiger partial charge in [0, 0.05) is 6.54 Å². The molecule has 0 aliphatic carbocycles. The molecule has 0 spiro atoms. The summed E-state index contributed by atoms with van der Waals surface area (Å²) in [5.74, 6) is 0. The Balaban J connectivity index is 2.72. The Bertz CT molecular complexity index is 324. The summed E-state index contributed by atoms with van der Waals surface area (Å²) in [4.78, 5) is 10.7. The van der Waals surface area contributed by atoms with Crippen molar-refractivity contribution in [2.75, 3.05) is 13.2 Å². The Labute approximate surface area is 96.5 Å². The van der Waals surface area contributed by atoms with Crippen LogP contribution in [0, 0.1) is 5.41 Å². The zero-order chi connectivity index (χ0) is 12.2. The third-order valence-electron chi connectivity index (χ3n) is 2.27. The van der Waals surface area contributed by atoms with Gasteiger partial charge >= 0.3 is 6.03 Å². The third kappa shape index (κ3) is 4.38. The second kappa shape index (κ2) is 5.05. The Morgan fingerprint density at radius 1 is 1.56 bits per heavy atom. The minimum atomic E-state index is -0.498. The molecule has 1 aliphatic heterocycles. The first kappa shape index (κ1) is 12.6. The van der Waals surface area contributed by atoms with Gasteiger partial charge in [-0.2, -0.15) is 0 Å². The van der Waals surface area contributed by atoms with Crippen LogP contribution in [0.4, 0.5) is 4.79 Å². The van der Waals surface area contributed by atoms with E-state index in [1.807, 2.05) is 6.08 Å². The van der Waals surface area contributed by atoms with E-state index in [1.165, 1.54) is 5.57 Å². The molecule has 0 saturated heterocycles. The topological polar surface area (TPSA) is 64.3 Å². The summed E-state index contributed by atoms with van der Waals surface area (Å²) in [5.41, 5.74) is 7.59. The fourth-order valence-electron chi connectivity index (χ4n) is 1.66. The van der Waals surface area contributed by atoms with Gasteiger partial charge < -0.3 is 15.8 Å². The van der Waals surface area contributed by atoms with Crippen LogP contribution in [0.15, 0.2) is 23.5 Å². The molecule has 4 heteroatoms. The maximum atomic E-state index is 10.7. The van der Waals surface area contributed by atoms with Crippen LogP contribution >= 0.6 is 0 Å². The van der Waals surface area contributed by atoms with Crippen molar-refractivity contribution in [2.45, 2.75) is 27.2 Å². The molecule has 4 nitrogen and oxygen atoms in total. The van der Waals surface area contributed by atoms with Crippen LogP contribution < -0.4 is 11.1 Å². The highest BCUT2D eigenvalue weighted by molar-refractivity contribution is 5.72. The lowest BCUT2D eigenvalue weighted by Gasteiger charge is -2.24. The molecule has 0 unspecified atom stereocenters. The molecule has 3 N–H and O–H groups in total. The number of carbonyl (C=O) groups excluding carboxylic acids is 1. The number of amides is 2. The molecule has 0 aromatic heterocycles.